The Morgan fingerprint density at radius 2 is 2.20 bits per heavy atom. The molecule has 0 aromatic heterocycles. The van der Waals surface area contributed by atoms with E-state index < -0.39 is 0 Å². The van der Waals surface area contributed by atoms with Crippen molar-refractivity contribution in [1.82, 2.24) is 0 Å². The van der Waals surface area contributed by atoms with Crippen molar-refractivity contribution in [3.8, 4) is 0 Å². The van der Waals surface area contributed by atoms with E-state index in [4.69, 9.17) is 23.2 Å². The average molecular weight is 115 g/mol. The van der Waals surface area contributed by atoms with E-state index in [1.54, 1.807) is 0 Å². The van der Waals surface area contributed by atoms with Crippen molar-refractivity contribution < 1.29 is 1.43 Å². The van der Waals surface area contributed by atoms with Crippen LogP contribution in [0, 0.1) is 0 Å². The molecule has 0 amide bonds. The van der Waals surface area contributed by atoms with E-state index in [-0.39, 0.29) is 6.80 Å². The zero-order valence-corrected chi connectivity index (χ0v) is 4.55. The maximum Gasteiger partial charge on any atom is 0.0443 e. The van der Waals surface area contributed by atoms with E-state index >= 15 is 0 Å². The van der Waals surface area contributed by atoms with Crippen molar-refractivity contribution in [3.05, 3.63) is 0 Å². The van der Waals surface area contributed by atoms with Gasteiger partial charge in [0.1, 0.15) is 0 Å². The molecule has 0 aromatic carbocycles. The molecule has 0 aromatic rings. The van der Waals surface area contributed by atoms with E-state index in [2.05, 4.69) is 0 Å². The van der Waals surface area contributed by atoms with E-state index in [1.165, 1.54) is 0 Å². The van der Waals surface area contributed by atoms with Crippen molar-refractivity contribution in [2.24, 2.45) is 0 Å². The number of alkyl halides is 2. The first-order valence-corrected chi connectivity index (χ1v) is 2.44. The van der Waals surface area contributed by atoms with Gasteiger partial charge in [0.25, 0.3) is 0 Å². The van der Waals surface area contributed by atoms with E-state index in [1.807, 2.05) is 6.92 Å². The van der Waals surface area contributed by atoms with Crippen LogP contribution < -0.4 is 0 Å². The molecule has 0 saturated heterocycles. The third-order valence-corrected chi connectivity index (χ3v) is 0.988. The Labute approximate surface area is 43.6 Å². The summed E-state index contributed by atoms with van der Waals surface area (Å²) in [7, 11) is 0. The lowest BCUT2D eigenvalue weighted by atomic mass is 10.6. The van der Waals surface area contributed by atoms with Crippen molar-refractivity contribution in [2.75, 3.05) is 5.88 Å². The molecule has 5 heavy (non-hydrogen) atoms. The first-order valence-electron chi connectivity index (χ1n) is 1.47. The van der Waals surface area contributed by atoms with E-state index in [0.717, 1.165) is 0 Å². The molecule has 0 saturated carbocycles. The fourth-order valence-corrected chi connectivity index (χ4v) is 0. The molecule has 2 heteroatoms. The van der Waals surface area contributed by atoms with Gasteiger partial charge in [-0.05, 0) is 6.92 Å². The minimum Gasteiger partial charge on any atom is -0.125 e. The third kappa shape index (κ3) is 4.58. The zero-order chi connectivity index (χ0) is 4.28. The third-order valence-electron chi connectivity index (χ3n) is 0.213. The van der Waals surface area contributed by atoms with Gasteiger partial charge in [-0.15, -0.1) is 23.2 Å². The van der Waals surface area contributed by atoms with Crippen LogP contribution in [0.5, 0.6) is 0 Å². The first kappa shape index (κ1) is 5.58. The predicted octanol–water partition coefficient (Wildman–Crippen LogP) is 2.10. The summed E-state index contributed by atoms with van der Waals surface area (Å²) in [4.78, 5) is 0. The van der Waals surface area contributed by atoms with Crippen LogP contribution in [0.25, 0.3) is 0 Å². The second kappa shape index (κ2) is 2.80. The number of halogens is 2. The molecule has 0 fully saturated rings. The van der Waals surface area contributed by atoms with Crippen LogP contribution in [-0.4, -0.2) is 11.3 Å². The second-order valence-corrected chi connectivity index (χ2v) is 1.99. The Morgan fingerprint density at radius 3 is 2.20 bits per heavy atom. The van der Waals surface area contributed by atoms with Gasteiger partial charge in [-0.2, -0.15) is 0 Å². The molecule has 1 atom stereocenters. The van der Waals surface area contributed by atoms with Gasteiger partial charge in [0.05, 0.1) is 0 Å². The molecule has 0 bridgehead atoms. The summed E-state index contributed by atoms with van der Waals surface area (Å²) >= 11 is 10.5. The molecule has 0 nitrogen and oxygen atoms in total. The summed E-state index contributed by atoms with van der Waals surface area (Å²) in [6.45, 7) is 1.86. The standard InChI is InChI=1S/C3H6Cl2.H2/c1-3(5)2-4;/h3H,2H2,1H3;1H. The largest absolute Gasteiger partial charge is 0.125 e. The summed E-state index contributed by atoms with van der Waals surface area (Å²) in [5, 5.41) is 0.122. The molecule has 0 heterocycles. The fourth-order valence-electron chi connectivity index (χ4n) is 0. The highest BCUT2D eigenvalue weighted by Gasteiger charge is 1.85. The molecular formula is C3H8Cl2. The van der Waals surface area contributed by atoms with Crippen LogP contribution in [0.1, 0.15) is 8.35 Å². The van der Waals surface area contributed by atoms with Crippen LogP contribution >= 0.6 is 23.2 Å². The van der Waals surface area contributed by atoms with Gasteiger partial charge in [0.2, 0.25) is 0 Å². The SMILES string of the molecule is CC(Cl)CCl.[HH]. The first-order chi connectivity index (χ1) is 2.27. The Balaban J connectivity index is 0. The lowest BCUT2D eigenvalue weighted by molar-refractivity contribution is 1.11. The van der Waals surface area contributed by atoms with Gasteiger partial charge in [-0.1, -0.05) is 0 Å². The quantitative estimate of drug-likeness (QED) is 0.459. The van der Waals surface area contributed by atoms with E-state index in [0.29, 0.717) is 5.88 Å². The highest BCUT2D eigenvalue weighted by molar-refractivity contribution is 6.27. The summed E-state index contributed by atoms with van der Waals surface area (Å²) in [5.41, 5.74) is 0. The normalized spacial score (nSPS) is 15.0. The molecule has 0 rings (SSSR count). The van der Waals surface area contributed by atoms with Crippen LogP contribution in [0.4, 0.5) is 0 Å². The smallest absolute Gasteiger partial charge is 0.0443 e. The second-order valence-electron chi connectivity index (χ2n) is 0.935. The van der Waals surface area contributed by atoms with E-state index in [9.17, 15) is 0 Å². The molecule has 34 valence electrons. The summed E-state index contributed by atoms with van der Waals surface area (Å²) in [6, 6.07) is 0. The van der Waals surface area contributed by atoms with Crippen LogP contribution in [0.3, 0.4) is 0 Å². The van der Waals surface area contributed by atoms with Crippen molar-refractivity contribution in [3.63, 3.8) is 0 Å². The number of rotatable bonds is 1. The van der Waals surface area contributed by atoms with Crippen LogP contribution in [-0.2, 0) is 0 Å². The minimum absolute atomic E-state index is 0. The Hall–Kier alpha value is 0.580. The van der Waals surface area contributed by atoms with Gasteiger partial charge in [0, 0.05) is 12.7 Å². The zero-order valence-electron chi connectivity index (χ0n) is 3.04. The molecule has 1 unspecified atom stereocenters. The predicted molar refractivity (Wildman–Crippen MR) is 28.1 cm³/mol. The molecular weight excluding hydrogens is 107 g/mol. The van der Waals surface area contributed by atoms with Gasteiger partial charge < -0.3 is 0 Å². The molecule has 0 aliphatic heterocycles. The fraction of sp³-hybridized carbons (Fsp3) is 1.00. The van der Waals surface area contributed by atoms with Gasteiger partial charge in [-0.3, -0.25) is 0 Å². The van der Waals surface area contributed by atoms with Crippen LogP contribution in [0.15, 0.2) is 0 Å². The maximum atomic E-state index is 5.33. The molecule has 0 radical (unpaired) electrons. The molecule has 0 N–H and O–H groups in total. The number of hydrogen-bond donors (Lipinski definition) is 0. The Morgan fingerprint density at radius 1 is 2.00 bits per heavy atom. The van der Waals surface area contributed by atoms with Crippen molar-refractivity contribution in [2.45, 2.75) is 12.3 Å². The number of hydrogen-bond acceptors (Lipinski definition) is 0. The maximum absolute atomic E-state index is 5.33. The van der Waals surface area contributed by atoms with Gasteiger partial charge in [-0.25, -0.2) is 0 Å². The summed E-state index contributed by atoms with van der Waals surface area (Å²) in [6.07, 6.45) is 0. The van der Waals surface area contributed by atoms with Crippen molar-refractivity contribution >= 4 is 23.2 Å². The molecule has 0 aliphatic rings. The van der Waals surface area contributed by atoms with Gasteiger partial charge >= 0.3 is 0 Å². The molecule has 0 aliphatic carbocycles. The highest BCUT2D eigenvalue weighted by Crippen LogP contribution is 1.93. The lowest BCUT2D eigenvalue weighted by Gasteiger charge is -1.85. The topological polar surface area (TPSA) is 0 Å². The lowest BCUT2D eigenvalue weighted by Crippen LogP contribution is -1.87. The average Bonchev–Trinajstić information content (AvgIpc) is 1.38. The highest BCUT2D eigenvalue weighted by atomic mass is 35.5. The summed E-state index contributed by atoms with van der Waals surface area (Å²) < 4.78 is 0. The monoisotopic (exact) mass is 114 g/mol. The van der Waals surface area contributed by atoms with Crippen molar-refractivity contribution in [1.29, 1.82) is 0 Å². The Kier molecular flexibility index (Phi) is 3.12. The molecule has 0 spiro atoms. The summed E-state index contributed by atoms with van der Waals surface area (Å²) in [5.74, 6) is 0.543. The minimum atomic E-state index is 0. The van der Waals surface area contributed by atoms with Crippen LogP contribution in [0.2, 0.25) is 0 Å². The Bertz CT molecular complexity index is 22.8. The van der Waals surface area contributed by atoms with Gasteiger partial charge in [0.15, 0.2) is 0 Å².